The van der Waals surface area contributed by atoms with Gasteiger partial charge in [-0.3, -0.25) is 4.79 Å². The second-order valence-electron chi connectivity index (χ2n) is 5.95. The van der Waals surface area contributed by atoms with Crippen molar-refractivity contribution in [2.24, 2.45) is 23.7 Å². The quantitative estimate of drug-likeness (QED) is 0.760. The third kappa shape index (κ3) is 1.99. The SMILES string of the molecule is CCOC(=O)CNC1CC2CC1C1CCCC21. The molecule has 3 nitrogen and oxygen atoms in total. The molecule has 0 radical (unpaired) electrons. The molecule has 0 aromatic carbocycles. The number of hydrogen-bond donors (Lipinski definition) is 1. The monoisotopic (exact) mass is 237 g/mol. The van der Waals surface area contributed by atoms with Crippen LogP contribution in [0.3, 0.4) is 0 Å². The Morgan fingerprint density at radius 3 is 2.88 bits per heavy atom. The lowest BCUT2D eigenvalue weighted by Crippen LogP contribution is -2.41. The first kappa shape index (κ1) is 11.5. The highest BCUT2D eigenvalue weighted by Gasteiger charge is 2.53. The van der Waals surface area contributed by atoms with Crippen molar-refractivity contribution in [3.05, 3.63) is 0 Å². The number of esters is 1. The van der Waals surface area contributed by atoms with Gasteiger partial charge in [0.2, 0.25) is 0 Å². The summed E-state index contributed by atoms with van der Waals surface area (Å²) >= 11 is 0. The van der Waals surface area contributed by atoms with Gasteiger partial charge in [-0.15, -0.1) is 0 Å². The van der Waals surface area contributed by atoms with Crippen LogP contribution in [0.15, 0.2) is 0 Å². The predicted octanol–water partition coefficient (Wildman–Crippen LogP) is 1.96. The van der Waals surface area contributed by atoms with Crippen LogP contribution in [0.2, 0.25) is 0 Å². The van der Waals surface area contributed by atoms with E-state index in [0.29, 0.717) is 19.2 Å². The van der Waals surface area contributed by atoms with Crippen molar-refractivity contribution in [2.75, 3.05) is 13.2 Å². The normalized spacial score (nSPS) is 42.8. The van der Waals surface area contributed by atoms with Crippen molar-refractivity contribution < 1.29 is 9.53 Å². The third-order valence-electron chi connectivity index (χ3n) is 5.24. The molecule has 3 heteroatoms. The molecule has 2 bridgehead atoms. The molecule has 3 saturated carbocycles. The van der Waals surface area contributed by atoms with Gasteiger partial charge in [0.15, 0.2) is 0 Å². The zero-order valence-corrected chi connectivity index (χ0v) is 10.7. The maximum atomic E-state index is 11.3. The maximum absolute atomic E-state index is 11.3. The second kappa shape index (κ2) is 4.60. The van der Waals surface area contributed by atoms with Crippen LogP contribution >= 0.6 is 0 Å². The van der Waals surface area contributed by atoms with Gasteiger partial charge < -0.3 is 10.1 Å². The van der Waals surface area contributed by atoms with E-state index in [1.165, 1.54) is 32.1 Å². The van der Waals surface area contributed by atoms with Gasteiger partial charge in [-0.05, 0) is 56.3 Å². The summed E-state index contributed by atoms with van der Waals surface area (Å²) < 4.78 is 4.97. The Labute approximate surface area is 103 Å². The average Bonchev–Trinajstić information content (AvgIpc) is 2.98. The Morgan fingerprint density at radius 2 is 2.06 bits per heavy atom. The van der Waals surface area contributed by atoms with E-state index in [4.69, 9.17) is 4.74 Å². The van der Waals surface area contributed by atoms with Crippen molar-refractivity contribution in [2.45, 2.75) is 45.1 Å². The van der Waals surface area contributed by atoms with E-state index in [1.807, 2.05) is 6.92 Å². The molecule has 0 saturated heterocycles. The molecule has 0 amide bonds. The minimum atomic E-state index is -0.0988. The van der Waals surface area contributed by atoms with Crippen LogP contribution in [0.5, 0.6) is 0 Å². The van der Waals surface area contributed by atoms with Gasteiger partial charge in [-0.25, -0.2) is 0 Å². The van der Waals surface area contributed by atoms with Crippen LogP contribution in [0, 0.1) is 23.7 Å². The van der Waals surface area contributed by atoms with E-state index >= 15 is 0 Å². The van der Waals surface area contributed by atoms with Gasteiger partial charge >= 0.3 is 5.97 Å². The molecule has 1 N–H and O–H groups in total. The Morgan fingerprint density at radius 1 is 1.24 bits per heavy atom. The topological polar surface area (TPSA) is 38.3 Å². The standard InChI is InChI=1S/C14H23NO2/c1-2-17-14(16)8-15-13-7-9-6-12(13)11-5-3-4-10(9)11/h9-13,15H,2-8H2,1H3. The maximum Gasteiger partial charge on any atom is 0.319 e. The molecule has 5 atom stereocenters. The minimum absolute atomic E-state index is 0.0988. The number of carbonyl (C=O) groups is 1. The number of carbonyl (C=O) groups excluding carboxylic acids is 1. The van der Waals surface area contributed by atoms with Crippen molar-refractivity contribution in [3.8, 4) is 0 Å². The van der Waals surface area contributed by atoms with Gasteiger partial charge in [0.25, 0.3) is 0 Å². The van der Waals surface area contributed by atoms with Crippen LogP contribution in [-0.4, -0.2) is 25.2 Å². The van der Waals surface area contributed by atoms with Gasteiger partial charge in [0.05, 0.1) is 13.2 Å². The molecular formula is C14H23NO2. The summed E-state index contributed by atoms with van der Waals surface area (Å²) in [6.45, 7) is 2.75. The van der Waals surface area contributed by atoms with Crippen LogP contribution < -0.4 is 5.32 Å². The first-order valence-corrected chi connectivity index (χ1v) is 7.18. The van der Waals surface area contributed by atoms with Crippen LogP contribution in [0.1, 0.15) is 39.0 Å². The lowest BCUT2D eigenvalue weighted by molar-refractivity contribution is -0.142. The molecule has 5 unspecified atom stereocenters. The molecule has 0 aliphatic heterocycles. The van der Waals surface area contributed by atoms with Crippen LogP contribution in [0.4, 0.5) is 0 Å². The van der Waals surface area contributed by atoms with Crippen molar-refractivity contribution in [1.82, 2.24) is 5.32 Å². The lowest BCUT2D eigenvalue weighted by atomic mass is 9.79. The smallest absolute Gasteiger partial charge is 0.319 e. The summed E-state index contributed by atoms with van der Waals surface area (Å²) in [4.78, 5) is 11.3. The summed E-state index contributed by atoms with van der Waals surface area (Å²) in [7, 11) is 0. The fourth-order valence-corrected chi connectivity index (χ4v) is 4.73. The summed E-state index contributed by atoms with van der Waals surface area (Å²) in [5.41, 5.74) is 0. The van der Waals surface area contributed by atoms with Gasteiger partial charge in [-0.2, -0.15) is 0 Å². The van der Waals surface area contributed by atoms with Crippen molar-refractivity contribution in [3.63, 3.8) is 0 Å². The molecule has 3 rings (SSSR count). The van der Waals surface area contributed by atoms with Gasteiger partial charge in [0.1, 0.15) is 0 Å². The van der Waals surface area contributed by atoms with Crippen molar-refractivity contribution in [1.29, 1.82) is 0 Å². The molecule has 0 heterocycles. The van der Waals surface area contributed by atoms with E-state index in [1.54, 1.807) is 0 Å². The van der Waals surface area contributed by atoms with E-state index < -0.39 is 0 Å². The third-order valence-corrected chi connectivity index (χ3v) is 5.24. The Hall–Kier alpha value is -0.570. The lowest BCUT2D eigenvalue weighted by Gasteiger charge is -2.32. The molecule has 3 aliphatic rings. The van der Waals surface area contributed by atoms with Crippen LogP contribution in [-0.2, 0) is 9.53 Å². The number of hydrogen-bond acceptors (Lipinski definition) is 3. The zero-order valence-electron chi connectivity index (χ0n) is 10.7. The van der Waals surface area contributed by atoms with Crippen molar-refractivity contribution >= 4 is 5.97 Å². The Kier molecular flexibility index (Phi) is 3.12. The Bertz CT molecular complexity index is 305. The van der Waals surface area contributed by atoms with Gasteiger partial charge in [-0.1, -0.05) is 6.42 Å². The first-order chi connectivity index (χ1) is 8.29. The molecule has 96 valence electrons. The molecule has 0 aromatic heterocycles. The van der Waals surface area contributed by atoms with E-state index in [9.17, 15) is 4.79 Å². The fourth-order valence-electron chi connectivity index (χ4n) is 4.73. The summed E-state index contributed by atoms with van der Waals surface area (Å²) in [6, 6.07) is 0.587. The number of fused-ring (bicyclic) bond motifs is 5. The summed E-state index contributed by atoms with van der Waals surface area (Å²) in [5, 5.41) is 3.44. The molecular weight excluding hydrogens is 214 g/mol. The highest BCUT2D eigenvalue weighted by molar-refractivity contribution is 5.71. The minimum Gasteiger partial charge on any atom is -0.465 e. The largest absolute Gasteiger partial charge is 0.465 e. The first-order valence-electron chi connectivity index (χ1n) is 7.18. The highest BCUT2D eigenvalue weighted by atomic mass is 16.5. The average molecular weight is 237 g/mol. The fraction of sp³-hybridized carbons (Fsp3) is 0.929. The number of nitrogens with one attached hydrogen (secondary N) is 1. The zero-order chi connectivity index (χ0) is 11.8. The summed E-state index contributed by atoms with van der Waals surface area (Å²) in [6.07, 6.45) is 7.05. The Balaban J connectivity index is 1.52. The van der Waals surface area contributed by atoms with E-state index in [2.05, 4.69) is 5.32 Å². The number of rotatable bonds is 4. The highest BCUT2D eigenvalue weighted by Crippen LogP contribution is 2.58. The molecule has 0 spiro atoms. The molecule has 3 fully saturated rings. The predicted molar refractivity (Wildman–Crippen MR) is 65.5 cm³/mol. The number of ether oxygens (including phenoxy) is 1. The van der Waals surface area contributed by atoms with Crippen LogP contribution in [0.25, 0.3) is 0 Å². The van der Waals surface area contributed by atoms with E-state index in [-0.39, 0.29) is 5.97 Å². The molecule has 0 aromatic rings. The summed E-state index contributed by atoms with van der Waals surface area (Å²) in [5.74, 6) is 3.70. The van der Waals surface area contributed by atoms with E-state index in [0.717, 1.165) is 23.7 Å². The molecule has 17 heavy (non-hydrogen) atoms. The second-order valence-corrected chi connectivity index (χ2v) is 5.95. The molecule has 3 aliphatic carbocycles. The van der Waals surface area contributed by atoms with Gasteiger partial charge in [0, 0.05) is 6.04 Å².